The molecule has 2 N–H and O–H groups in total. The van der Waals surface area contributed by atoms with E-state index in [1.165, 1.54) is 9.80 Å². The van der Waals surface area contributed by atoms with Gasteiger partial charge >= 0.3 is 0 Å². The minimum absolute atomic E-state index is 0. The number of carbonyl (C=O) groups excluding carboxylic acids is 1. The molecule has 0 fully saturated rings. The van der Waals surface area contributed by atoms with Crippen LogP contribution in [0.3, 0.4) is 0 Å². The van der Waals surface area contributed by atoms with Crippen molar-refractivity contribution in [1.82, 2.24) is 15.5 Å². The molecule has 0 atom stereocenters. The molecule has 25 heavy (non-hydrogen) atoms. The molecule has 0 saturated heterocycles. The summed E-state index contributed by atoms with van der Waals surface area (Å²) < 4.78 is 5.04. The van der Waals surface area contributed by atoms with Gasteiger partial charge in [0, 0.05) is 51.5 Å². The van der Waals surface area contributed by atoms with Crippen LogP contribution in [0.15, 0.2) is 40.2 Å². The lowest BCUT2D eigenvalue weighted by molar-refractivity contribution is -0.127. The molecule has 0 saturated carbocycles. The van der Waals surface area contributed by atoms with Gasteiger partial charge < -0.3 is 20.3 Å². The van der Waals surface area contributed by atoms with Crippen LogP contribution in [0.4, 0.5) is 0 Å². The fourth-order valence-electron chi connectivity index (χ4n) is 1.74. The van der Waals surface area contributed by atoms with Gasteiger partial charge in [0.1, 0.15) is 6.54 Å². The molecule has 1 aromatic rings. The molecule has 1 amide bonds. The molecule has 0 aliphatic carbocycles. The Bertz CT molecular complexity index is 501. The molecular weight excluding hydrogens is 451 g/mol. The number of rotatable bonds is 10. The largest absolute Gasteiger partial charge is 0.385 e. The maximum Gasteiger partial charge on any atom is 0.243 e. The third-order valence-corrected chi connectivity index (χ3v) is 4.11. The summed E-state index contributed by atoms with van der Waals surface area (Å²) in [4.78, 5) is 18.8. The Balaban J connectivity index is 0.00000576. The second-order valence-electron chi connectivity index (χ2n) is 5.31. The van der Waals surface area contributed by atoms with Crippen molar-refractivity contribution in [2.24, 2.45) is 4.99 Å². The highest BCUT2D eigenvalue weighted by Gasteiger charge is 2.04. The molecule has 0 spiro atoms. The first-order chi connectivity index (χ1) is 11.6. The van der Waals surface area contributed by atoms with Crippen LogP contribution < -0.4 is 10.6 Å². The summed E-state index contributed by atoms with van der Waals surface area (Å²) in [7, 11) is 5.14. The van der Waals surface area contributed by atoms with Crippen molar-refractivity contribution < 1.29 is 9.53 Å². The Morgan fingerprint density at radius 1 is 1.20 bits per heavy atom. The zero-order valence-corrected chi connectivity index (χ0v) is 18.3. The topological polar surface area (TPSA) is 66.0 Å². The minimum atomic E-state index is -0.0216. The van der Waals surface area contributed by atoms with Crippen LogP contribution in [-0.4, -0.2) is 70.0 Å². The average Bonchev–Trinajstić information content (AvgIpc) is 2.59. The summed E-state index contributed by atoms with van der Waals surface area (Å²) in [5.74, 6) is 1.56. The smallest absolute Gasteiger partial charge is 0.243 e. The van der Waals surface area contributed by atoms with Gasteiger partial charge in [0.15, 0.2) is 5.96 Å². The first-order valence-electron chi connectivity index (χ1n) is 8.02. The number of methoxy groups -OCH3 is 1. The molecule has 142 valence electrons. The van der Waals surface area contributed by atoms with E-state index in [0.717, 1.165) is 25.3 Å². The molecule has 1 aromatic carbocycles. The first-order valence-corrected chi connectivity index (χ1v) is 9.01. The zero-order chi connectivity index (χ0) is 17.6. The predicted octanol–water partition coefficient (Wildman–Crippen LogP) is 2.06. The number of ether oxygens (including phenoxy) is 1. The van der Waals surface area contributed by atoms with Crippen LogP contribution in [0.5, 0.6) is 0 Å². The standard InChI is InChI=1S/C17H28N4O2S.HI/c1-21(2)16(22)14-20-17(18-10-7-12-23-3)19-11-13-24-15-8-5-4-6-9-15;/h4-6,8-9H,7,10-14H2,1-3H3,(H2,18,19,20);1H. The number of likely N-dealkylation sites (N-methyl/N-ethyl adjacent to an activating group) is 1. The normalized spacial score (nSPS) is 10.8. The number of nitrogens with zero attached hydrogens (tertiary/aromatic N) is 2. The lowest BCUT2D eigenvalue weighted by atomic mass is 10.4. The van der Waals surface area contributed by atoms with Gasteiger partial charge in [-0.05, 0) is 18.6 Å². The number of benzene rings is 1. The van der Waals surface area contributed by atoms with Gasteiger partial charge in [-0.15, -0.1) is 35.7 Å². The highest BCUT2D eigenvalue weighted by molar-refractivity contribution is 14.0. The molecule has 0 heterocycles. The molecule has 8 heteroatoms. The van der Waals surface area contributed by atoms with E-state index in [1.54, 1.807) is 33.0 Å². The summed E-state index contributed by atoms with van der Waals surface area (Å²) in [5, 5.41) is 6.49. The maximum atomic E-state index is 11.7. The highest BCUT2D eigenvalue weighted by atomic mass is 127. The molecule has 0 aliphatic rings. The van der Waals surface area contributed by atoms with E-state index >= 15 is 0 Å². The van der Waals surface area contributed by atoms with Crippen LogP contribution >= 0.6 is 35.7 Å². The van der Waals surface area contributed by atoms with Crippen molar-refractivity contribution in [3.8, 4) is 0 Å². The SMILES string of the molecule is COCCCNC(=NCC(=O)N(C)C)NCCSc1ccccc1.I. The fourth-order valence-corrected chi connectivity index (χ4v) is 2.53. The Labute approximate surface area is 172 Å². The molecule has 0 bridgehead atoms. The van der Waals surface area contributed by atoms with E-state index in [0.29, 0.717) is 12.6 Å². The molecule has 0 unspecified atom stereocenters. The van der Waals surface area contributed by atoms with Gasteiger partial charge in [0.2, 0.25) is 5.91 Å². The van der Waals surface area contributed by atoms with Crippen molar-refractivity contribution >= 4 is 47.6 Å². The van der Waals surface area contributed by atoms with Crippen molar-refractivity contribution in [3.63, 3.8) is 0 Å². The van der Waals surface area contributed by atoms with E-state index in [1.807, 2.05) is 18.2 Å². The molecule has 6 nitrogen and oxygen atoms in total. The number of amides is 1. The first kappa shape index (κ1) is 24.0. The van der Waals surface area contributed by atoms with Gasteiger partial charge in [-0.25, -0.2) is 4.99 Å². The Kier molecular flexibility index (Phi) is 14.7. The van der Waals surface area contributed by atoms with E-state index in [9.17, 15) is 4.79 Å². The summed E-state index contributed by atoms with van der Waals surface area (Å²) in [6.07, 6.45) is 0.887. The summed E-state index contributed by atoms with van der Waals surface area (Å²) in [5.41, 5.74) is 0. The molecular formula is C17H29IN4O2S. The Morgan fingerprint density at radius 2 is 1.88 bits per heavy atom. The van der Waals surface area contributed by atoms with Crippen molar-refractivity contribution in [2.75, 3.05) is 53.2 Å². The second kappa shape index (κ2) is 15.3. The number of hydrogen-bond acceptors (Lipinski definition) is 4. The van der Waals surface area contributed by atoms with Crippen molar-refractivity contribution in [1.29, 1.82) is 0 Å². The number of halogens is 1. The van der Waals surface area contributed by atoms with Gasteiger partial charge in [-0.2, -0.15) is 0 Å². The average molecular weight is 480 g/mol. The molecule has 0 radical (unpaired) electrons. The highest BCUT2D eigenvalue weighted by Crippen LogP contribution is 2.15. The van der Waals surface area contributed by atoms with Crippen molar-refractivity contribution in [3.05, 3.63) is 30.3 Å². The van der Waals surface area contributed by atoms with E-state index in [4.69, 9.17) is 4.74 Å². The molecule has 0 aliphatic heterocycles. The number of carbonyl (C=O) groups is 1. The third kappa shape index (κ3) is 12.1. The number of nitrogens with one attached hydrogen (secondary N) is 2. The number of guanidine groups is 1. The van der Waals surface area contributed by atoms with Crippen LogP contribution in [0, 0.1) is 0 Å². The van der Waals surface area contributed by atoms with Gasteiger partial charge in [0.05, 0.1) is 0 Å². The van der Waals surface area contributed by atoms with E-state index < -0.39 is 0 Å². The fraction of sp³-hybridized carbons (Fsp3) is 0.529. The van der Waals surface area contributed by atoms with Crippen LogP contribution in [0.1, 0.15) is 6.42 Å². The van der Waals surface area contributed by atoms with Crippen LogP contribution in [0.25, 0.3) is 0 Å². The third-order valence-electron chi connectivity index (χ3n) is 3.10. The zero-order valence-electron chi connectivity index (χ0n) is 15.2. The molecule has 0 aromatic heterocycles. The van der Waals surface area contributed by atoms with Gasteiger partial charge in [-0.1, -0.05) is 18.2 Å². The number of thioether (sulfide) groups is 1. The van der Waals surface area contributed by atoms with Gasteiger partial charge in [-0.3, -0.25) is 4.79 Å². The number of hydrogen-bond donors (Lipinski definition) is 2. The van der Waals surface area contributed by atoms with E-state index in [-0.39, 0.29) is 36.4 Å². The quantitative estimate of drug-likeness (QED) is 0.177. The summed E-state index contributed by atoms with van der Waals surface area (Å²) in [6.45, 7) is 2.35. The van der Waals surface area contributed by atoms with Crippen LogP contribution in [-0.2, 0) is 9.53 Å². The molecule has 1 rings (SSSR count). The second-order valence-corrected chi connectivity index (χ2v) is 6.48. The lowest BCUT2D eigenvalue weighted by Gasteiger charge is -2.13. The van der Waals surface area contributed by atoms with Crippen molar-refractivity contribution in [2.45, 2.75) is 11.3 Å². The predicted molar refractivity (Wildman–Crippen MR) is 116 cm³/mol. The number of aliphatic imine (C=N–C) groups is 1. The Morgan fingerprint density at radius 3 is 2.52 bits per heavy atom. The summed E-state index contributed by atoms with van der Waals surface area (Å²) >= 11 is 1.78. The van der Waals surface area contributed by atoms with E-state index in [2.05, 4.69) is 27.8 Å². The van der Waals surface area contributed by atoms with Gasteiger partial charge in [0.25, 0.3) is 0 Å². The van der Waals surface area contributed by atoms with Crippen LogP contribution in [0.2, 0.25) is 0 Å². The monoisotopic (exact) mass is 480 g/mol. The maximum absolute atomic E-state index is 11.7. The lowest BCUT2D eigenvalue weighted by Crippen LogP contribution is -2.40. The Hall–Kier alpha value is -1.000. The summed E-state index contributed by atoms with van der Waals surface area (Å²) in [6, 6.07) is 10.3. The minimum Gasteiger partial charge on any atom is -0.385 e.